The molecule has 0 aliphatic rings. The zero-order chi connectivity index (χ0) is 20.1. The lowest BCUT2D eigenvalue weighted by atomic mass is 10.0. The fourth-order valence-electron chi connectivity index (χ4n) is 2.89. The zero-order valence-corrected chi connectivity index (χ0v) is 14.9. The number of para-hydroxylation sites is 1. The van der Waals surface area contributed by atoms with Crippen molar-refractivity contribution in [3.63, 3.8) is 0 Å². The van der Waals surface area contributed by atoms with Crippen molar-refractivity contribution in [1.29, 1.82) is 0 Å². The van der Waals surface area contributed by atoms with Gasteiger partial charge in [-0.1, -0.05) is 18.2 Å². The molecular weight excluding hydrogens is 370 g/mol. The summed E-state index contributed by atoms with van der Waals surface area (Å²) in [5, 5.41) is 3.57. The quantitative estimate of drug-likeness (QED) is 0.609. The second-order valence-corrected chi connectivity index (χ2v) is 6.02. The zero-order valence-electron chi connectivity index (χ0n) is 14.9. The third-order valence-electron chi connectivity index (χ3n) is 4.23. The van der Waals surface area contributed by atoms with E-state index in [-0.39, 0.29) is 17.7 Å². The summed E-state index contributed by atoms with van der Waals surface area (Å²) >= 11 is 0. The normalized spacial score (nSPS) is 12.0. The van der Waals surface area contributed by atoms with Gasteiger partial charge >= 0.3 is 12.6 Å². The van der Waals surface area contributed by atoms with Gasteiger partial charge in [0.1, 0.15) is 11.8 Å². The van der Waals surface area contributed by atoms with Gasteiger partial charge in [0, 0.05) is 29.1 Å². The fourth-order valence-corrected chi connectivity index (χ4v) is 2.89. The Kier molecular flexibility index (Phi) is 5.88. The summed E-state index contributed by atoms with van der Waals surface area (Å²) in [6.45, 7) is -2.94. The molecule has 1 atom stereocenters. The van der Waals surface area contributed by atoms with E-state index < -0.39 is 24.5 Å². The number of carbonyl (C=O) groups is 2. The van der Waals surface area contributed by atoms with Crippen molar-refractivity contribution in [3.8, 4) is 5.75 Å². The molecule has 1 amide bonds. The van der Waals surface area contributed by atoms with Crippen molar-refractivity contribution >= 4 is 22.8 Å². The lowest BCUT2D eigenvalue weighted by Gasteiger charge is -2.16. The SMILES string of the molecule is COC(=O)C(Cc1c[nH]c2ccccc12)NC(=O)c1ccc(OC(F)F)cc1. The van der Waals surface area contributed by atoms with E-state index in [0.29, 0.717) is 0 Å². The maximum absolute atomic E-state index is 12.5. The first-order valence-electron chi connectivity index (χ1n) is 8.46. The Morgan fingerprint density at radius 2 is 1.82 bits per heavy atom. The number of ether oxygens (including phenoxy) is 2. The third-order valence-corrected chi connectivity index (χ3v) is 4.23. The second-order valence-electron chi connectivity index (χ2n) is 6.02. The van der Waals surface area contributed by atoms with Gasteiger partial charge in [0.25, 0.3) is 5.91 Å². The molecule has 1 heterocycles. The summed E-state index contributed by atoms with van der Waals surface area (Å²) in [6, 6.07) is 11.9. The number of amides is 1. The summed E-state index contributed by atoms with van der Waals surface area (Å²) in [4.78, 5) is 27.8. The Morgan fingerprint density at radius 3 is 2.50 bits per heavy atom. The van der Waals surface area contributed by atoms with Crippen molar-refractivity contribution in [3.05, 3.63) is 65.9 Å². The Hall–Kier alpha value is -3.42. The summed E-state index contributed by atoms with van der Waals surface area (Å²) in [6.07, 6.45) is 2.01. The molecule has 0 saturated carbocycles. The van der Waals surface area contributed by atoms with E-state index in [1.165, 1.54) is 31.4 Å². The van der Waals surface area contributed by atoms with Crippen LogP contribution in [0.15, 0.2) is 54.7 Å². The van der Waals surface area contributed by atoms with Gasteiger partial charge in [0.05, 0.1) is 7.11 Å². The van der Waals surface area contributed by atoms with E-state index in [4.69, 9.17) is 4.74 Å². The number of hydrogen-bond donors (Lipinski definition) is 2. The predicted octanol–water partition coefficient (Wildman–Crippen LogP) is 3.28. The Balaban J connectivity index is 1.75. The molecule has 1 aromatic heterocycles. The highest BCUT2D eigenvalue weighted by Crippen LogP contribution is 2.20. The van der Waals surface area contributed by atoms with Crippen LogP contribution >= 0.6 is 0 Å². The number of fused-ring (bicyclic) bond motifs is 1. The van der Waals surface area contributed by atoms with E-state index >= 15 is 0 Å². The summed E-state index contributed by atoms with van der Waals surface area (Å²) < 4.78 is 33.5. The van der Waals surface area contributed by atoms with Crippen LogP contribution in [0.1, 0.15) is 15.9 Å². The highest BCUT2D eigenvalue weighted by molar-refractivity contribution is 5.97. The van der Waals surface area contributed by atoms with Crippen LogP contribution in [0.5, 0.6) is 5.75 Å². The van der Waals surface area contributed by atoms with Crippen molar-refractivity contribution < 1.29 is 27.8 Å². The first kappa shape index (κ1) is 19.3. The van der Waals surface area contributed by atoms with Gasteiger partial charge in [-0.2, -0.15) is 8.78 Å². The largest absolute Gasteiger partial charge is 0.467 e. The van der Waals surface area contributed by atoms with E-state index in [1.54, 1.807) is 6.20 Å². The second kappa shape index (κ2) is 8.51. The molecule has 0 saturated heterocycles. The number of methoxy groups -OCH3 is 1. The van der Waals surface area contributed by atoms with Crippen LogP contribution in [0.2, 0.25) is 0 Å². The van der Waals surface area contributed by atoms with Crippen LogP contribution in [0.4, 0.5) is 8.78 Å². The topological polar surface area (TPSA) is 80.4 Å². The standard InChI is InChI=1S/C20H18F2N2O4/c1-27-19(26)17(10-13-11-23-16-5-3-2-4-15(13)16)24-18(25)12-6-8-14(9-7-12)28-20(21)22/h2-9,11,17,20,23H,10H2,1H3,(H,24,25). The van der Waals surface area contributed by atoms with Gasteiger partial charge < -0.3 is 19.8 Å². The number of H-pyrrole nitrogens is 1. The highest BCUT2D eigenvalue weighted by Gasteiger charge is 2.24. The number of esters is 1. The van der Waals surface area contributed by atoms with Crippen molar-refractivity contribution in [2.24, 2.45) is 0 Å². The van der Waals surface area contributed by atoms with Crippen LogP contribution in [-0.4, -0.2) is 36.6 Å². The number of aromatic amines is 1. The van der Waals surface area contributed by atoms with Gasteiger partial charge in [-0.15, -0.1) is 0 Å². The molecule has 0 spiro atoms. The molecule has 3 aromatic rings. The minimum absolute atomic E-state index is 0.0603. The van der Waals surface area contributed by atoms with Crippen molar-refractivity contribution in [1.82, 2.24) is 10.3 Å². The van der Waals surface area contributed by atoms with Gasteiger partial charge in [0.2, 0.25) is 0 Å². The molecule has 8 heteroatoms. The molecule has 28 heavy (non-hydrogen) atoms. The van der Waals surface area contributed by atoms with E-state index in [9.17, 15) is 18.4 Å². The van der Waals surface area contributed by atoms with Gasteiger partial charge in [-0.25, -0.2) is 4.79 Å². The Labute approximate surface area is 159 Å². The number of aromatic nitrogens is 1. The Bertz CT molecular complexity index is 970. The van der Waals surface area contributed by atoms with E-state index in [1.807, 2.05) is 24.3 Å². The monoisotopic (exact) mass is 388 g/mol. The number of halogens is 2. The highest BCUT2D eigenvalue weighted by atomic mass is 19.3. The van der Waals surface area contributed by atoms with Crippen LogP contribution in [0.25, 0.3) is 10.9 Å². The Morgan fingerprint density at radius 1 is 1.11 bits per heavy atom. The number of nitrogens with one attached hydrogen (secondary N) is 2. The van der Waals surface area contributed by atoms with Crippen LogP contribution in [0.3, 0.4) is 0 Å². The lowest BCUT2D eigenvalue weighted by molar-refractivity contribution is -0.142. The maximum Gasteiger partial charge on any atom is 0.387 e. The molecule has 0 aliphatic carbocycles. The molecule has 0 fully saturated rings. The average molecular weight is 388 g/mol. The fraction of sp³-hybridized carbons (Fsp3) is 0.200. The summed E-state index contributed by atoms with van der Waals surface area (Å²) in [5.41, 5.74) is 1.98. The number of carbonyl (C=O) groups excluding carboxylic acids is 2. The number of hydrogen-bond acceptors (Lipinski definition) is 4. The van der Waals surface area contributed by atoms with Gasteiger partial charge in [-0.3, -0.25) is 4.79 Å². The first-order valence-corrected chi connectivity index (χ1v) is 8.46. The molecule has 146 valence electrons. The summed E-state index contributed by atoms with van der Waals surface area (Å²) in [7, 11) is 1.24. The smallest absolute Gasteiger partial charge is 0.387 e. The van der Waals surface area contributed by atoms with E-state index in [2.05, 4.69) is 15.0 Å². The molecular formula is C20H18F2N2O4. The van der Waals surface area contributed by atoms with Crippen molar-refractivity contribution in [2.75, 3.05) is 7.11 Å². The molecule has 3 rings (SSSR count). The van der Waals surface area contributed by atoms with Crippen molar-refractivity contribution in [2.45, 2.75) is 19.1 Å². The minimum atomic E-state index is -2.94. The van der Waals surface area contributed by atoms with Crippen LogP contribution in [0, 0.1) is 0 Å². The summed E-state index contributed by atoms with van der Waals surface area (Å²) in [5.74, 6) is -1.18. The third kappa shape index (κ3) is 4.46. The van der Waals surface area contributed by atoms with Crippen LogP contribution < -0.4 is 10.1 Å². The van der Waals surface area contributed by atoms with Gasteiger partial charge in [-0.05, 0) is 35.9 Å². The van der Waals surface area contributed by atoms with E-state index in [0.717, 1.165) is 16.5 Å². The van der Waals surface area contributed by atoms with Crippen LogP contribution in [-0.2, 0) is 16.0 Å². The molecule has 2 N–H and O–H groups in total. The molecule has 6 nitrogen and oxygen atoms in total. The molecule has 0 aliphatic heterocycles. The minimum Gasteiger partial charge on any atom is -0.467 e. The molecule has 0 radical (unpaired) electrons. The maximum atomic E-state index is 12.5. The number of benzene rings is 2. The lowest BCUT2D eigenvalue weighted by Crippen LogP contribution is -2.43. The first-order chi connectivity index (χ1) is 13.5. The number of alkyl halides is 2. The predicted molar refractivity (Wildman–Crippen MR) is 98.3 cm³/mol. The molecule has 2 aromatic carbocycles. The molecule has 1 unspecified atom stereocenters. The molecule has 0 bridgehead atoms. The average Bonchev–Trinajstić information content (AvgIpc) is 3.10. The van der Waals surface area contributed by atoms with Gasteiger partial charge in [0.15, 0.2) is 0 Å². The number of rotatable bonds is 7.